The van der Waals surface area contributed by atoms with Crippen molar-refractivity contribution in [1.29, 1.82) is 0 Å². The van der Waals surface area contributed by atoms with Crippen LogP contribution in [0.3, 0.4) is 0 Å². The van der Waals surface area contributed by atoms with Crippen molar-refractivity contribution >= 4 is 17.7 Å². The molecule has 6 nitrogen and oxygen atoms in total. The fourth-order valence-corrected chi connectivity index (χ4v) is 1.53. The first kappa shape index (κ1) is 13.6. The average molecular weight is 241 g/mol. The maximum Gasteiger partial charge on any atom is 0.249 e. The van der Waals surface area contributed by atoms with Crippen molar-refractivity contribution in [3.8, 4) is 0 Å². The molecule has 17 heavy (non-hydrogen) atoms. The molecule has 0 saturated carbocycles. The monoisotopic (exact) mass is 241 g/mol. The second-order valence-corrected chi connectivity index (χ2v) is 5.40. The second kappa shape index (κ2) is 4.44. The maximum atomic E-state index is 12.1. The molecule has 6 heteroatoms. The number of hydrogen-bond donors (Lipinski definition) is 2. The van der Waals surface area contributed by atoms with Gasteiger partial charge < -0.3 is 10.6 Å². The standard InChI is InChI=1S/C11H19N3O3/c1-6-9(16)13-7(15)5-14(6)10(17)8(12)11(2,3)4/h6,8H,5,12H2,1-4H3,(H,13,15,16)/t6?,8-/m0/s1. The minimum Gasteiger partial charge on any atom is -0.320 e. The molecule has 1 fully saturated rings. The molecular weight excluding hydrogens is 222 g/mol. The molecule has 3 amide bonds. The zero-order valence-corrected chi connectivity index (χ0v) is 10.6. The molecule has 1 rings (SSSR count). The molecule has 1 unspecified atom stereocenters. The van der Waals surface area contributed by atoms with Gasteiger partial charge in [-0.15, -0.1) is 0 Å². The Kier molecular flexibility index (Phi) is 3.56. The highest BCUT2D eigenvalue weighted by molar-refractivity contribution is 6.04. The molecule has 1 saturated heterocycles. The van der Waals surface area contributed by atoms with E-state index in [-0.39, 0.29) is 12.5 Å². The molecule has 0 aromatic carbocycles. The number of imide groups is 1. The van der Waals surface area contributed by atoms with Crippen molar-refractivity contribution in [2.75, 3.05) is 6.54 Å². The number of carbonyl (C=O) groups excluding carboxylic acids is 3. The Labute approximate surface area is 101 Å². The van der Waals surface area contributed by atoms with Gasteiger partial charge in [-0.3, -0.25) is 19.7 Å². The van der Waals surface area contributed by atoms with Crippen molar-refractivity contribution in [3.63, 3.8) is 0 Å². The lowest BCUT2D eigenvalue weighted by atomic mass is 9.86. The quantitative estimate of drug-likeness (QED) is 0.590. The summed E-state index contributed by atoms with van der Waals surface area (Å²) in [6.07, 6.45) is 0. The summed E-state index contributed by atoms with van der Waals surface area (Å²) >= 11 is 0. The summed E-state index contributed by atoms with van der Waals surface area (Å²) in [7, 11) is 0. The molecule has 1 aliphatic heterocycles. The highest BCUT2D eigenvalue weighted by Gasteiger charge is 2.38. The highest BCUT2D eigenvalue weighted by Crippen LogP contribution is 2.20. The normalized spacial score (nSPS) is 23.4. The highest BCUT2D eigenvalue weighted by atomic mass is 16.2. The van der Waals surface area contributed by atoms with Gasteiger partial charge >= 0.3 is 0 Å². The molecular formula is C11H19N3O3. The number of amides is 3. The minimum absolute atomic E-state index is 0.116. The van der Waals surface area contributed by atoms with Crippen molar-refractivity contribution in [3.05, 3.63) is 0 Å². The second-order valence-electron chi connectivity index (χ2n) is 5.40. The lowest BCUT2D eigenvalue weighted by Crippen LogP contribution is -2.62. The molecule has 0 aromatic heterocycles. The van der Waals surface area contributed by atoms with Crippen LogP contribution in [0.2, 0.25) is 0 Å². The van der Waals surface area contributed by atoms with Gasteiger partial charge in [-0.05, 0) is 12.3 Å². The van der Waals surface area contributed by atoms with E-state index in [4.69, 9.17) is 5.73 Å². The van der Waals surface area contributed by atoms with E-state index in [1.54, 1.807) is 6.92 Å². The molecule has 0 radical (unpaired) electrons. The summed E-state index contributed by atoms with van der Waals surface area (Å²) in [4.78, 5) is 36.0. The zero-order chi connectivity index (χ0) is 13.4. The topological polar surface area (TPSA) is 92.5 Å². The summed E-state index contributed by atoms with van der Waals surface area (Å²) in [6.45, 7) is 6.98. The largest absolute Gasteiger partial charge is 0.320 e. The Morgan fingerprint density at radius 1 is 1.47 bits per heavy atom. The molecule has 0 bridgehead atoms. The van der Waals surface area contributed by atoms with E-state index in [2.05, 4.69) is 5.32 Å². The Morgan fingerprint density at radius 3 is 2.47 bits per heavy atom. The molecule has 0 aliphatic carbocycles. The number of piperazine rings is 1. The molecule has 1 aliphatic rings. The smallest absolute Gasteiger partial charge is 0.249 e. The third-order valence-corrected chi connectivity index (χ3v) is 2.91. The Morgan fingerprint density at radius 2 is 2.00 bits per heavy atom. The van der Waals surface area contributed by atoms with Crippen LogP contribution in [-0.2, 0) is 14.4 Å². The van der Waals surface area contributed by atoms with E-state index in [1.165, 1.54) is 4.90 Å². The van der Waals surface area contributed by atoms with Gasteiger partial charge in [-0.25, -0.2) is 0 Å². The number of hydrogen-bond acceptors (Lipinski definition) is 4. The van der Waals surface area contributed by atoms with Gasteiger partial charge in [0.1, 0.15) is 12.6 Å². The van der Waals surface area contributed by atoms with Crippen LogP contribution in [0.4, 0.5) is 0 Å². The van der Waals surface area contributed by atoms with E-state index < -0.39 is 29.3 Å². The van der Waals surface area contributed by atoms with Crippen LogP contribution in [0.15, 0.2) is 0 Å². The van der Waals surface area contributed by atoms with Crippen LogP contribution in [0.5, 0.6) is 0 Å². The molecule has 2 atom stereocenters. The third kappa shape index (κ3) is 2.82. The Balaban J connectivity index is 2.88. The molecule has 3 N–H and O–H groups in total. The van der Waals surface area contributed by atoms with Gasteiger partial charge in [0, 0.05) is 0 Å². The van der Waals surface area contributed by atoms with Gasteiger partial charge in [-0.1, -0.05) is 20.8 Å². The van der Waals surface area contributed by atoms with Crippen molar-refractivity contribution < 1.29 is 14.4 Å². The first-order valence-corrected chi connectivity index (χ1v) is 5.54. The van der Waals surface area contributed by atoms with Gasteiger partial charge in [0.25, 0.3) is 0 Å². The number of nitrogens with zero attached hydrogens (tertiary/aromatic N) is 1. The van der Waals surface area contributed by atoms with Crippen molar-refractivity contribution in [1.82, 2.24) is 10.2 Å². The number of rotatable bonds is 1. The van der Waals surface area contributed by atoms with E-state index in [9.17, 15) is 14.4 Å². The van der Waals surface area contributed by atoms with E-state index in [0.29, 0.717) is 0 Å². The fraction of sp³-hybridized carbons (Fsp3) is 0.727. The van der Waals surface area contributed by atoms with Crippen LogP contribution in [-0.4, -0.2) is 41.2 Å². The van der Waals surface area contributed by atoms with Crippen molar-refractivity contribution in [2.24, 2.45) is 11.1 Å². The summed E-state index contributed by atoms with van der Waals surface area (Å²) in [5.74, 6) is -1.30. The van der Waals surface area contributed by atoms with Crippen molar-refractivity contribution in [2.45, 2.75) is 39.8 Å². The van der Waals surface area contributed by atoms with Gasteiger partial charge in [0.2, 0.25) is 17.7 Å². The maximum absolute atomic E-state index is 12.1. The molecule has 96 valence electrons. The van der Waals surface area contributed by atoms with E-state index >= 15 is 0 Å². The first-order chi connectivity index (χ1) is 7.64. The summed E-state index contributed by atoms with van der Waals surface area (Å²) < 4.78 is 0. The molecule has 0 aromatic rings. The summed E-state index contributed by atoms with van der Waals surface area (Å²) in [5, 5.41) is 2.18. The summed E-state index contributed by atoms with van der Waals surface area (Å²) in [6, 6.07) is -1.39. The van der Waals surface area contributed by atoms with Gasteiger partial charge in [0.05, 0.1) is 6.04 Å². The molecule has 0 spiro atoms. The Bertz CT molecular complexity index is 359. The number of nitrogens with one attached hydrogen (secondary N) is 1. The van der Waals surface area contributed by atoms with E-state index in [0.717, 1.165) is 0 Å². The van der Waals surface area contributed by atoms with Crippen LogP contribution in [0, 0.1) is 5.41 Å². The summed E-state index contributed by atoms with van der Waals surface area (Å²) in [5.41, 5.74) is 5.44. The van der Waals surface area contributed by atoms with Crippen LogP contribution in [0.1, 0.15) is 27.7 Å². The first-order valence-electron chi connectivity index (χ1n) is 5.54. The van der Waals surface area contributed by atoms with Crippen LogP contribution < -0.4 is 11.1 Å². The predicted octanol–water partition coefficient (Wildman–Crippen LogP) is -0.767. The Hall–Kier alpha value is -1.43. The number of carbonyl (C=O) groups is 3. The zero-order valence-electron chi connectivity index (χ0n) is 10.6. The minimum atomic E-state index is -0.733. The van der Waals surface area contributed by atoms with Gasteiger partial charge in [-0.2, -0.15) is 0 Å². The SMILES string of the molecule is CC1C(=O)NC(=O)CN1C(=O)[C@H](N)C(C)(C)C. The average Bonchev–Trinajstić information content (AvgIpc) is 2.20. The van der Waals surface area contributed by atoms with Gasteiger partial charge in [0.15, 0.2) is 0 Å². The predicted molar refractivity (Wildman–Crippen MR) is 61.8 cm³/mol. The third-order valence-electron chi connectivity index (χ3n) is 2.91. The lowest BCUT2D eigenvalue weighted by Gasteiger charge is -2.36. The van der Waals surface area contributed by atoms with E-state index in [1.807, 2.05) is 20.8 Å². The van der Waals surface area contributed by atoms with Crippen LogP contribution in [0.25, 0.3) is 0 Å². The fourth-order valence-electron chi connectivity index (χ4n) is 1.53. The lowest BCUT2D eigenvalue weighted by molar-refractivity contribution is -0.151. The molecule has 1 heterocycles. The van der Waals surface area contributed by atoms with Crippen LogP contribution >= 0.6 is 0 Å². The number of nitrogens with two attached hydrogens (primary N) is 1.